The van der Waals surface area contributed by atoms with Crippen molar-refractivity contribution in [2.45, 2.75) is 32.4 Å². The summed E-state index contributed by atoms with van der Waals surface area (Å²) in [7, 11) is 3.95. The summed E-state index contributed by atoms with van der Waals surface area (Å²) < 4.78 is 13.9. The molecule has 1 fully saturated rings. The number of anilines is 1. The number of nitrogens with zero attached hydrogens (tertiary/aromatic N) is 5. The molecule has 122 valence electrons. The van der Waals surface area contributed by atoms with Crippen molar-refractivity contribution in [3.63, 3.8) is 0 Å². The van der Waals surface area contributed by atoms with Gasteiger partial charge in [-0.15, -0.1) is 0 Å². The largest absolute Gasteiger partial charge is 0.363 e. The van der Waals surface area contributed by atoms with Gasteiger partial charge in [0.2, 0.25) is 0 Å². The van der Waals surface area contributed by atoms with Crippen LogP contribution in [0, 0.1) is 12.7 Å². The van der Waals surface area contributed by atoms with Crippen LogP contribution < -0.4 is 4.90 Å². The molecule has 0 saturated carbocycles. The van der Waals surface area contributed by atoms with Crippen LogP contribution in [0.25, 0.3) is 0 Å². The molecule has 0 N–H and O–H groups in total. The second-order valence-corrected chi connectivity index (χ2v) is 6.15. The summed E-state index contributed by atoms with van der Waals surface area (Å²) in [5.41, 5.74) is 1.51. The van der Waals surface area contributed by atoms with E-state index in [4.69, 9.17) is 0 Å². The van der Waals surface area contributed by atoms with Crippen molar-refractivity contribution in [2.24, 2.45) is 0 Å². The molecule has 23 heavy (non-hydrogen) atoms. The Bertz CT molecular complexity index is 688. The average molecular weight is 315 g/mol. The van der Waals surface area contributed by atoms with Crippen LogP contribution in [0.3, 0.4) is 0 Å². The van der Waals surface area contributed by atoms with Gasteiger partial charge in [-0.3, -0.25) is 9.88 Å². The molecular weight excluding hydrogens is 293 g/mol. The van der Waals surface area contributed by atoms with Crippen molar-refractivity contribution in [2.75, 3.05) is 25.5 Å². The summed E-state index contributed by atoms with van der Waals surface area (Å²) in [4.78, 5) is 17.5. The minimum atomic E-state index is -0.244. The van der Waals surface area contributed by atoms with E-state index in [-0.39, 0.29) is 11.9 Å². The molecule has 0 bridgehead atoms. The lowest BCUT2D eigenvalue weighted by Crippen LogP contribution is -2.25. The van der Waals surface area contributed by atoms with Crippen molar-refractivity contribution >= 4 is 5.82 Å². The second-order valence-electron chi connectivity index (χ2n) is 6.15. The Hall–Kier alpha value is -2.08. The number of hydrogen-bond acceptors (Lipinski definition) is 5. The van der Waals surface area contributed by atoms with Crippen LogP contribution in [0.15, 0.2) is 24.4 Å². The molecule has 2 aromatic rings. The molecule has 1 aliphatic heterocycles. The number of halogens is 1. The predicted molar refractivity (Wildman–Crippen MR) is 87.7 cm³/mol. The highest BCUT2D eigenvalue weighted by molar-refractivity contribution is 5.38. The Morgan fingerprint density at radius 1 is 1.35 bits per heavy atom. The topological polar surface area (TPSA) is 45.2 Å². The van der Waals surface area contributed by atoms with E-state index in [1.54, 1.807) is 12.3 Å². The molecule has 1 atom stereocenters. The number of aryl methyl sites for hydroxylation is 1. The third-order valence-corrected chi connectivity index (χ3v) is 4.20. The van der Waals surface area contributed by atoms with E-state index in [1.165, 1.54) is 6.07 Å². The van der Waals surface area contributed by atoms with Crippen LogP contribution in [-0.4, -0.2) is 40.5 Å². The van der Waals surface area contributed by atoms with Gasteiger partial charge in [0, 0.05) is 32.9 Å². The zero-order chi connectivity index (χ0) is 16.4. The van der Waals surface area contributed by atoms with Crippen LogP contribution in [0.2, 0.25) is 0 Å². The van der Waals surface area contributed by atoms with Gasteiger partial charge in [0.25, 0.3) is 0 Å². The van der Waals surface area contributed by atoms with Crippen LogP contribution in [-0.2, 0) is 6.54 Å². The fourth-order valence-corrected chi connectivity index (χ4v) is 3.05. The number of aromatic nitrogens is 3. The van der Waals surface area contributed by atoms with Gasteiger partial charge in [0.1, 0.15) is 17.5 Å². The summed E-state index contributed by atoms with van der Waals surface area (Å²) in [6.45, 7) is 3.35. The molecule has 0 aromatic carbocycles. The first-order valence-corrected chi connectivity index (χ1v) is 7.91. The number of rotatable bonds is 4. The zero-order valence-corrected chi connectivity index (χ0v) is 13.8. The highest BCUT2D eigenvalue weighted by atomic mass is 19.1. The molecule has 5 nitrogen and oxygen atoms in total. The number of likely N-dealkylation sites (tertiary alicyclic amines) is 1. The summed E-state index contributed by atoms with van der Waals surface area (Å²) >= 11 is 0. The quantitative estimate of drug-likeness (QED) is 0.868. The second kappa shape index (κ2) is 6.58. The number of pyridine rings is 1. The average Bonchev–Trinajstić information content (AvgIpc) is 2.97. The van der Waals surface area contributed by atoms with Crippen molar-refractivity contribution in [3.05, 3.63) is 47.4 Å². The molecule has 6 heteroatoms. The molecule has 1 aliphatic rings. The van der Waals surface area contributed by atoms with E-state index in [0.717, 1.165) is 36.7 Å². The highest BCUT2D eigenvalue weighted by Crippen LogP contribution is 2.33. The van der Waals surface area contributed by atoms with Gasteiger partial charge in [-0.25, -0.2) is 14.4 Å². The minimum Gasteiger partial charge on any atom is -0.363 e. The molecule has 1 unspecified atom stereocenters. The minimum absolute atomic E-state index is 0.191. The van der Waals surface area contributed by atoms with Crippen molar-refractivity contribution in [3.8, 4) is 0 Å². The monoisotopic (exact) mass is 315 g/mol. The molecule has 0 spiro atoms. The molecule has 0 amide bonds. The summed E-state index contributed by atoms with van der Waals surface area (Å²) in [5, 5.41) is 0. The van der Waals surface area contributed by atoms with Crippen molar-refractivity contribution in [1.82, 2.24) is 19.9 Å². The number of hydrogen-bond donors (Lipinski definition) is 0. The van der Waals surface area contributed by atoms with Gasteiger partial charge in [-0.2, -0.15) is 0 Å². The first kappa shape index (κ1) is 15.8. The van der Waals surface area contributed by atoms with E-state index in [1.807, 2.05) is 32.0 Å². The van der Waals surface area contributed by atoms with Crippen LogP contribution in [0.1, 0.15) is 36.1 Å². The standard InChI is InChI=1S/C17H22FN5/c1-12-20-14(10-17(21-12)22(2)3)16-7-5-9-23(16)11-15-13(18)6-4-8-19-15/h4,6,8,10,16H,5,7,9,11H2,1-3H3. The van der Waals surface area contributed by atoms with Gasteiger partial charge < -0.3 is 4.90 Å². The maximum atomic E-state index is 13.9. The van der Waals surface area contributed by atoms with Crippen LogP contribution in [0.5, 0.6) is 0 Å². The van der Waals surface area contributed by atoms with Gasteiger partial charge in [-0.05, 0) is 38.4 Å². The van der Waals surface area contributed by atoms with Crippen LogP contribution in [0.4, 0.5) is 10.2 Å². The molecule has 2 aromatic heterocycles. The predicted octanol–water partition coefficient (Wildman–Crippen LogP) is 2.72. The summed E-state index contributed by atoms with van der Waals surface area (Å²) in [5.74, 6) is 1.43. The maximum Gasteiger partial charge on any atom is 0.146 e. The molecule has 1 saturated heterocycles. The third-order valence-electron chi connectivity index (χ3n) is 4.20. The first-order chi connectivity index (χ1) is 11.0. The highest BCUT2D eigenvalue weighted by Gasteiger charge is 2.28. The molecule has 0 radical (unpaired) electrons. The zero-order valence-electron chi connectivity index (χ0n) is 13.8. The van der Waals surface area contributed by atoms with Crippen molar-refractivity contribution < 1.29 is 4.39 Å². The van der Waals surface area contributed by atoms with E-state index < -0.39 is 0 Å². The third kappa shape index (κ3) is 3.47. The fourth-order valence-electron chi connectivity index (χ4n) is 3.05. The lowest BCUT2D eigenvalue weighted by atomic mass is 10.1. The Kier molecular flexibility index (Phi) is 4.52. The van der Waals surface area contributed by atoms with Gasteiger partial charge in [0.05, 0.1) is 17.4 Å². The smallest absolute Gasteiger partial charge is 0.146 e. The first-order valence-electron chi connectivity index (χ1n) is 7.91. The summed E-state index contributed by atoms with van der Waals surface area (Å²) in [6, 6.07) is 5.31. The summed E-state index contributed by atoms with van der Waals surface area (Å²) in [6.07, 6.45) is 3.75. The Balaban J connectivity index is 1.86. The van der Waals surface area contributed by atoms with E-state index in [2.05, 4.69) is 19.9 Å². The van der Waals surface area contributed by atoms with Crippen LogP contribution >= 0.6 is 0 Å². The molecule has 0 aliphatic carbocycles. The lowest BCUT2D eigenvalue weighted by Gasteiger charge is -2.25. The van der Waals surface area contributed by atoms with Gasteiger partial charge >= 0.3 is 0 Å². The lowest BCUT2D eigenvalue weighted by molar-refractivity contribution is 0.237. The van der Waals surface area contributed by atoms with Crippen molar-refractivity contribution in [1.29, 1.82) is 0 Å². The normalized spacial score (nSPS) is 18.3. The van der Waals surface area contributed by atoms with E-state index in [9.17, 15) is 4.39 Å². The van der Waals surface area contributed by atoms with E-state index in [0.29, 0.717) is 12.2 Å². The van der Waals surface area contributed by atoms with Gasteiger partial charge in [-0.1, -0.05) is 0 Å². The molecule has 3 heterocycles. The maximum absolute atomic E-state index is 13.9. The molecular formula is C17H22FN5. The Morgan fingerprint density at radius 3 is 2.91 bits per heavy atom. The SMILES string of the molecule is Cc1nc(C2CCCN2Cc2ncccc2F)cc(N(C)C)n1. The molecule has 3 rings (SSSR count). The Labute approximate surface area is 136 Å². The van der Waals surface area contributed by atoms with Gasteiger partial charge in [0.15, 0.2) is 0 Å². The fraction of sp³-hybridized carbons (Fsp3) is 0.471. The Morgan fingerprint density at radius 2 is 2.17 bits per heavy atom. The van der Waals surface area contributed by atoms with E-state index >= 15 is 0 Å².